The second-order valence-electron chi connectivity index (χ2n) is 7.82. The number of benzene rings is 1. The summed E-state index contributed by atoms with van der Waals surface area (Å²) in [5, 5.41) is 11.4. The van der Waals surface area contributed by atoms with Crippen molar-refractivity contribution >= 4 is 22.7 Å². The van der Waals surface area contributed by atoms with Crippen LogP contribution in [0.4, 0.5) is 0 Å². The summed E-state index contributed by atoms with van der Waals surface area (Å²) in [6, 6.07) is 6.49. The fourth-order valence-electron chi connectivity index (χ4n) is 4.73. The lowest BCUT2D eigenvalue weighted by molar-refractivity contribution is -0.155. The van der Waals surface area contributed by atoms with Crippen molar-refractivity contribution in [2.24, 2.45) is 5.92 Å². The van der Waals surface area contributed by atoms with Crippen LogP contribution in [0.2, 0.25) is 0 Å². The number of aromatic amines is 1. The number of carbonyl (C=O) groups is 2. The van der Waals surface area contributed by atoms with Gasteiger partial charge >= 0.3 is 5.97 Å². The van der Waals surface area contributed by atoms with Crippen LogP contribution in [0.3, 0.4) is 0 Å². The third kappa shape index (κ3) is 3.29. The molecule has 0 radical (unpaired) electrons. The quantitative estimate of drug-likeness (QED) is 0.802. The highest BCUT2D eigenvalue weighted by Crippen LogP contribution is 2.37. The zero-order valence-electron chi connectivity index (χ0n) is 15.8. The van der Waals surface area contributed by atoms with Crippen LogP contribution in [-0.4, -0.2) is 34.6 Å². The van der Waals surface area contributed by atoms with Crippen LogP contribution in [0.1, 0.15) is 73.0 Å². The Morgan fingerprint density at radius 2 is 2.04 bits per heavy atom. The molecular formula is C22H27NO4. The van der Waals surface area contributed by atoms with E-state index in [1.165, 1.54) is 37.7 Å². The number of hydrogen-bond donors (Lipinski definition) is 2. The van der Waals surface area contributed by atoms with Crippen molar-refractivity contribution in [3.8, 4) is 0 Å². The molecule has 27 heavy (non-hydrogen) atoms. The lowest BCUT2D eigenvalue weighted by Crippen LogP contribution is -2.38. The number of fused-ring (bicyclic) bond motifs is 3. The second kappa shape index (κ2) is 7.47. The van der Waals surface area contributed by atoms with Crippen molar-refractivity contribution in [1.82, 2.24) is 4.98 Å². The molecule has 1 heterocycles. The summed E-state index contributed by atoms with van der Waals surface area (Å²) in [5.74, 6) is -1.02. The first kappa shape index (κ1) is 18.2. The van der Waals surface area contributed by atoms with Crippen LogP contribution in [0.5, 0.6) is 0 Å². The number of H-pyrrole nitrogens is 1. The number of Topliss-reactive ketones (excluding diaryl/α,β-unsaturated/α-hetero) is 1. The second-order valence-corrected chi connectivity index (χ2v) is 7.82. The highest BCUT2D eigenvalue weighted by atomic mass is 16.5. The van der Waals surface area contributed by atoms with Gasteiger partial charge in [0.2, 0.25) is 0 Å². The number of hydrogen-bond acceptors (Lipinski definition) is 4. The Balaban J connectivity index is 1.64. The Morgan fingerprint density at radius 1 is 1.26 bits per heavy atom. The predicted molar refractivity (Wildman–Crippen MR) is 103 cm³/mol. The van der Waals surface area contributed by atoms with Gasteiger partial charge in [-0.2, -0.15) is 0 Å². The van der Waals surface area contributed by atoms with Gasteiger partial charge in [-0.15, -0.1) is 0 Å². The molecule has 5 nitrogen and oxygen atoms in total. The molecule has 4 rings (SSSR count). The highest BCUT2D eigenvalue weighted by molar-refractivity contribution is 6.06. The lowest BCUT2D eigenvalue weighted by Gasteiger charge is -2.24. The largest absolute Gasteiger partial charge is 0.464 e. The molecule has 0 saturated heterocycles. The molecule has 0 spiro atoms. The van der Waals surface area contributed by atoms with Gasteiger partial charge in [0.25, 0.3) is 0 Å². The van der Waals surface area contributed by atoms with Crippen molar-refractivity contribution in [2.75, 3.05) is 6.61 Å². The minimum absolute atomic E-state index is 0.188. The van der Waals surface area contributed by atoms with Gasteiger partial charge in [-0.3, -0.25) is 4.79 Å². The van der Waals surface area contributed by atoms with Crippen molar-refractivity contribution < 1.29 is 19.4 Å². The Labute approximate surface area is 159 Å². The molecular weight excluding hydrogens is 342 g/mol. The van der Waals surface area contributed by atoms with Gasteiger partial charge in [-0.1, -0.05) is 25.3 Å². The van der Waals surface area contributed by atoms with Crippen molar-refractivity contribution in [3.63, 3.8) is 0 Å². The Morgan fingerprint density at radius 3 is 2.78 bits per heavy atom. The normalized spacial score (nSPS) is 21.9. The summed E-state index contributed by atoms with van der Waals surface area (Å²) >= 11 is 0. The first-order valence-corrected chi connectivity index (χ1v) is 10.1. The van der Waals surface area contributed by atoms with Crippen LogP contribution < -0.4 is 0 Å². The highest BCUT2D eigenvalue weighted by Gasteiger charge is 2.38. The first-order valence-electron chi connectivity index (χ1n) is 10.1. The van der Waals surface area contributed by atoms with E-state index in [1.54, 1.807) is 6.92 Å². The minimum atomic E-state index is -1.39. The number of ether oxygens (including phenoxy) is 1. The molecule has 2 N–H and O–H groups in total. The number of aryl methyl sites for hydroxylation is 1. The molecule has 2 aliphatic carbocycles. The maximum absolute atomic E-state index is 12.9. The third-order valence-electron chi connectivity index (χ3n) is 6.20. The van der Waals surface area contributed by atoms with Crippen LogP contribution in [-0.2, 0) is 16.0 Å². The molecule has 0 bridgehead atoms. The van der Waals surface area contributed by atoms with Crippen molar-refractivity contribution in [1.29, 1.82) is 0 Å². The molecule has 5 heteroatoms. The van der Waals surface area contributed by atoms with Gasteiger partial charge in [-0.05, 0) is 61.8 Å². The molecule has 144 valence electrons. The van der Waals surface area contributed by atoms with Crippen LogP contribution in [0.15, 0.2) is 18.2 Å². The van der Waals surface area contributed by atoms with Gasteiger partial charge in [0.15, 0.2) is 11.9 Å². The lowest BCUT2D eigenvalue weighted by atomic mass is 9.81. The van der Waals surface area contributed by atoms with E-state index < -0.39 is 18.0 Å². The number of carbonyl (C=O) groups excluding carboxylic acids is 2. The van der Waals surface area contributed by atoms with E-state index in [-0.39, 0.29) is 12.4 Å². The summed E-state index contributed by atoms with van der Waals surface area (Å²) in [6.07, 6.45) is 6.14. The average Bonchev–Trinajstić information content (AvgIpc) is 3.07. The summed E-state index contributed by atoms with van der Waals surface area (Å²) in [7, 11) is 0. The smallest absolute Gasteiger partial charge is 0.335 e. The summed E-state index contributed by atoms with van der Waals surface area (Å²) in [5.41, 5.74) is 3.90. The fraction of sp³-hybridized carbons (Fsp3) is 0.545. The Hall–Kier alpha value is -2.14. The Kier molecular flexibility index (Phi) is 5.04. The molecule has 0 aliphatic heterocycles. The number of nitrogens with one attached hydrogen (secondary N) is 1. The molecule has 1 aromatic heterocycles. The maximum atomic E-state index is 12.9. The zero-order valence-corrected chi connectivity index (χ0v) is 15.8. The van der Waals surface area contributed by atoms with Crippen LogP contribution in [0, 0.1) is 5.92 Å². The molecule has 1 fully saturated rings. The minimum Gasteiger partial charge on any atom is -0.464 e. The number of ketones is 1. The Bertz CT molecular complexity index is 863. The molecule has 1 saturated carbocycles. The monoisotopic (exact) mass is 369 g/mol. The van der Waals surface area contributed by atoms with Crippen LogP contribution in [0.25, 0.3) is 10.9 Å². The van der Waals surface area contributed by atoms with Crippen molar-refractivity contribution in [3.05, 3.63) is 35.0 Å². The summed E-state index contributed by atoms with van der Waals surface area (Å²) in [6.45, 7) is 1.88. The van der Waals surface area contributed by atoms with E-state index in [2.05, 4.69) is 23.2 Å². The number of rotatable bonds is 4. The summed E-state index contributed by atoms with van der Waals surface area (Å²) in [4.78, 5) is 28.0. The molecule has 0 amide bonds. The summed E-state index contributed by atoms with van der Waals surface area (Å²) < 4.78 is 4.88. The molecule has 0 unspecified atom stereocenters. The van der Waals surface area contributed by atoms with Gasteiger partial charge < -0.3 is 14.8 Å². The third-order valence-corrected chi connectivity index (χ3v) is 6.20. The van der Waals surface area contributed by atoms with E-state index >= 15 is 0 Å². The SMILES string of the molecule is CCOC(=O)[C@H](O)[C@@H]1CCc2c([nH]c3ccc(C4CCCCC4)cc23)C1=O. The predicted octanol–water partition coefficient (Wildman–Crippen LogP) is 3.88. The van der Waals surface area contributed by atoms with E-state index in [0.717, 1.165) is 16.5 Å². The van der Waals surface area contributed by atoms with E-state index in [1.807, 2.05) is 0 Å². The van der Waals surface area contributed by atoms with E-state index in [4.69, 9.17) is 4.74 Å². The molecule has 2 aromatic rings. The van der Waals surface area contributed by atoms with E-state index in [9.17, 15) is 14.7 Å². The molecule has 1 aromatic carbocycles. The van der Waals surface area contributed by atoms with Gasteiger partial charge in [-0.25, -0.2) is 4.79 Å². The van der Waals surface area contributed by atoms with E-state index in [0.29, 0.717) is 24.5 Å². The van der Waals surface area contributed by atoms with Gasteiger partial charge in [0.05, 0.1) is 18.2 Å². The number of aliphatic hydroxyl groups excluding tert-OH is 1. The first-order chi connectivity index (χ1) is 13.1. The topological polar surface area (TPSA) is 79.4 Å². The number of aliphatic hydroxyl groups is 1. The zero-order chi connectivity index (χ0) is 19.0. The standard InChI is InChI=1S/C22H27NO4/c1-2-27-22(26)21(25)16-10-9-15-17-12-14(13-6-4-3-5-7-13)8-11-18(17)23-19(15)20(16)24/h8,11-13,16,21,23,25H,2-7,9-10H2,1H3/t16-,21-/m1/s1. The number of aromatic nitrogens is 1. The van der Waals surface area contributed by atoms with Crippen LogP contribution >= 0.6 is 0 Å². The maximum Gasteiger partial charge on any atom is 0.335 e. The van der Waals surface area contributed by atoms with Crippen molar-refractivity contribution in [2.45, 2.75) is 63.9 Å². The van der Waals surface area contributed by atoms with Gasteiger partial charge in [0.1, 0.15) is 0 Å². The average molecular weight is 369 g/mol. The molecule has 2 aliphatic rings. The molecule has 2 atom stereocenters. The fourth-order valence-corrected chi connectivity index (χ4v) is 4.73. The van der Waals surface area contributed by atoms with Gasteiger partial charge in [0, 0.05) is 10.9 Å². The number of esters is 1.